The van der Waals surface area contributed by atoms with Gasteiger partial charge < -0.3 is 89.9 Å². The van der Waals surface area contributed by atoms with Crippen LogP contribution >= 0.6 is 0 Å². The minimum absolute atomic E-state index is 0.112. The third-order valence-corrected chi connectivity index (χ3v) is 11.5. The largest absolute Gasteiger partial charge is 0.394 e. The van der Waals surface area contributed by atoms with Gasteiger partial charge in [0.05, 0.1) is 38.6 Å². The van der Waals surface area contributed by atoms with E-state index in [0.29, 0.717) is 6.42 Å². The molecule has 3 rings (SSSR count). The quantitative estimate of drug-likeness (QED) is 0.0332. The van der Waals surface area contributed by atoms with Gasteiger partial charge in [-0.3, -0.25) is 4.79 Å². The maximum Gasteiger partial charge on any atom is 0.220 e. The Morgan fingerprint density at radius 3 is 1.52 bits per heavy atom. The lowest BCUT2D eigenvalue weighted by atomic mass is 9.96. The molecule has 19 heteroatoms. The first kappa shape index (κ1) is 55.3. The lowest BCUT2D eigenvalue weighted by Gasteiger charge is -2.48. The highest BCUT2D eigenvalue weighted by Gasteiger charge is 2.53. The van der Waals surface area contributed by atoms with Gasteiger partial charge in [-0.15, -0.1) is 0 Å². The van der Waals surface area contributed by atoms with Crippen molar-refractivity contribution < 1.29 is 89.4 Å². The molecule has 366 valence electrons. The van der Waals surface area contributed by atoms with Crippen molar-refractivity contribution in [3.05, 3.63) is 36.5 Å². The molecule has 17 unspecified atom stereocenters. The fraction of sp³-hybridized carbons (Fsp3) is 0.841. The van der Waals surface area contributed by atoms with Crippen molar-refractivity contribution in [3.63, 3.8) is 0 Å². The number of aliphatic hydroxyl groups is 11. The first-order valence-electron chi connectivity index (χ1n) is 22.7. The van der Waals surface area contributed by atoms with Gasteiger partial charge in [-0.25, -0.2) is 0 Å². The summed E-state index contributed by atoms with van der Waals surface area (Å²) < 4.78 is 33.6. The number of unbranched alkanes of at least 4 members (excludes halogenated alkanes) is 10. The normalized spacial score (nSPS) is 35.2. The van der Waals surface area contributed by atoms with Gasteiger partial charge in [-0.05, 0) is 38.5 Å². The second-order valence-electron chi connectivity index (χ2n) is 16.5. The number of ether oxygens (including phenoxy) is 6. The lowest BCUT2D eigenvalue weighted by molar-refractivity contribution is -0.379. The van der Waals surface area contributed by atoms with E-state index < -0.39 is 124 Å². The molecule has 0 bridgehead atoms. The van der Waals surface area contributed by atoms with Crippen molar-refractivity contribution in [3.8, 4) is 0 Å². The summed E-state index contributed by atoms with van der Waals surface area (Å²) in [6.07, 6.45) is 0.185. The van der Waals surface area contributed by atoms with Crippen molar-refractivity contribution in [2.45, 2.75) is 208 Å². The average molecular weight is 908 g/mol. The molecule has 0 saturated carbocycles. The number of carbonyl (C=O) groups is 1. The predicted octanol–water partition coefficient (Wildman–Crippen LogP) is -0.533. The second-order valence-corrected chi connectivity index (χ2v) is 16.5. The molecule has 0 aliphatic carbocycles. The molecule has 0 spiro atoms. The van der Waals surface area contributed by atoms with Crippen molar-refractivity contribution in [1.29, 1.82) is 0 Å². The van der Waals surface area contributed by atoms with Gasteiger partial charge in [0.1, 0.15) is 73.2 Å². The van der Waals surface area contributed by atoms with E-state index in [1.165, 1.54) is 57.4 Å². The van der Waals surface area contributed by atoms with Crippen molar-refractivity contribution in [1.82, 2.24) is 5.32 Å². The summed E-state index contributed by atoms with van der Waals surface area (Å²) in [5, 5.41) is 118. The van der Waals surface area contributed by atoms with Crippen LogP contribution in [0.4, 0.5) is 0 Å². The van der Waals surface area contributed by atoms with E-state index in [1.807, 2.05) is 0 Å². The van der Waals surface area contributed by atoms with Crippen LogP contribution in [0.1, 0.15) is 104 Å². The number of aliphatic hydroxyl groups excluding tert-OH is 11. The first-order valence-corrected chi connectivity index (χ1v) is 22.7. The smallest absolute Gasteiger partial charge is 0.220 e. The highest BCUT2D eigenvalue weighted by molar-refractivity contribution is 5.75. The Hall–Kier alpha value is -1.99. The summed E-state index contributed by atoms with van der Waals surface area (Å²) in [6.45, 7) is 1.05. The molecule has 12 N–H and O–H groups in total. The number of amides is 1. The van der Waals surface area contributed by atoms with Crippen LogP contribution in [0, 0.1) is 0 Å². The number of hydrogen-bond donors (Lipinski definition) is 12. The van der Waals surface area contributed by atoms with Crippen molar-refractivity contribution in [2.75, 3.05) is 26.4 Å². The molecule has 3 aliphatic rings. The summed E-state index contributed by atoms with van der Waals surface area (Å²) in [7, 11) is 0. The molecule has 17 atom stereocenters. The number of allylic oxidation sites excluding steroid dienone is 5. The van der Waals surface area contributed by atoms with Crippen LogP contribution in [0.2, 0.25) is 0 Å². The average Bonchev–Trinajstić information content (AvgIpc) is 3.28. The lowest BCUT2D eigenvalue weighted by Crippen LogP contribution is -2.66. The molecule has 3 saturated heterocycles. The van der Waals surface area contributed by atoms with Crippen LogP contribution in [0.3, 0.4) is 0 Å². The fourth-order valence-corrected chi connectivity index (χ4v) is 7.54. The van der Waals surface area contributed by atoms with Gasteiger partial charge in [-0.2, -0.15) is 0 Å². The Balaban J connectivity index is 1.48. The standard InChI is InChI=1S/C44H77NO18/c1-3-5-6-7-8-9-10-11-12-13-14-15-16-17-18-19-20-21-22-28(49)27(45-32(50)4-2)26-58-42-38(56)35(53)40(30(24-47)60-42)63-44-39(57)36(54)41(31(25-48)61-44)62-43-37(55)34(52)33(51)29(23-46)59-43/h13-14,17-18,21-22,27-31,33-44,46-49,51-57H,3-12,15-16,19-20,23-26H2,1-2H3,(H,45,50)/b14-13+,18-17+,22-21+. The molecule has 19 nitrogen and oxygen atoms in total. The molecule has 1 amide bonds. The Morgan fingerprint density at radius 2 is 1.00 bits per heavy atom. The predicted molar refractivity (Wildman–Crippen MR) is 226 cm³/mol. The monoisotopic (exact) mass is 908 g/mol. The van der Waals surface area contributed by atoms with Gasteiger partial charge >= 0.3 is 0 Å². The van der Waals surface area contributed by atoms with Gasteiger partial charge in [-0.1, -0.05) is 95.2 Å². The highest BCUT2D eigenvalue weighted by Crippen LogP contribution is 2.33. The van der Waals surface area contributed by atoms with Crippen LogP contribution in [-0.4, -0.2) is 193 Å². The van der Waals surface area contributed by atoms with Crippen LogP contribution in [0.15, 0.2) is 36.5 Å². The molecule has 0 aromatic rings. The van der Waals surface area contributed by atoms with E-state index in [9.17, 15) is 61.0 Å². The van der Waals surface area contributed by atoms with E-state index in [1.54, 1.807) is 13.0 Å². The summed E-state index contributed by atoms with van der Waals surface area (Å²) in [5.74, 6) is -0.382. The summed E-state index contributed by atoms with van der Waals surface area (Å²) >= 11 is 0. The molecule has 63 heavy (non-hydrogen) atoms. The Bertz CT molecular complexity index is 1320. The van der Waals surface area contributed by atoms with E-state index in [0.717, 1.165) is 25.7 Å². The molecule has 0 aromatic heterocycles. The molecular formula is C44H77NO18. The number of hydrogen-bond acceptors (Lipinski definition) is 18. The van der Waals surface area contributed by atoms with Crippen LogP contribution in [0.5, 0.6) is 0 Å². The van der Waals surface area contributed by atoms with Crippen LogP contribution in [0.25, 0.3) is 0 Å². The van der Waals surface area contributed by atoms with Crippen LogP contribution in [-0.2, 0) is 33.2 Å². The van der Waals surface area contributed by atoms with Gasteiger partial charge in [0, 0.05) is 6.42 Å². The number of carbonyl (C=O) groups excluding carboxylic acids is 1. The molecule has 0 radical (unpaired) electrons. The molecule has 0 aromatic carbocycles. The van der Waals surface area contributed by atoms with Crippen molar-refractivity contribution in [2.24, 2.45) is 0 Å². The molecule has 3 fully saturated rings. The summed E-state index contributed by atoms with van der Waals surface area (Å²) in [6, 6.07) is -0.989. The maximum absolute atomic E-state index is 12.3. The maximum atomic E-state index is 12.3. The third-order valence-electron chi connectivity index (χ3n) is 11.5. The van der Waals surface area contributed by atoms with Crippen LogP contribution < -0.4 is 5.32 Å². The first-order chi connectivity index (χ1) is 30.3. The minimum atomic E-state index is -1.98. The Kier molecular flexibility index (Phi) is 26.6. The SMILES string of the molecule is CCCCCCCCCC/C=C/CC/C=C/CC/C=C/C(O)C(COC1OC(CO)C(OC2OC(CO)C(OC3OC(CO)C(O)C(O)C3O)C(O)C2O)C(O)C1O)NC(=O)CC. The van der Waals surface area contributed by atoms with Crippen molar-refractivity contribution >= 4 is 5.91 Å². The topological polar surface area (TPSA) is 307 Å². The fourth-order valence-electron chi connectivity index (χ4n) is 7.54. The Labute approximate surface area is 370 Å². The summed E-state index contributed by atoms with van der Waals surface area (Å²) in [4.78, 5) is 12.3. The zero-order chi connectivity index (χ0) is 46.3. The number of rotatable bonds is 29. The minimum Gasteiger partial charge on any atom is -0.394 e. The zero-order valence-electron chi connectivity index (χ0n) is 36.8. The summed E-state index contributed by atoms with van der Waals surface area (Å²) in [5.41, 5.74) is 0. The van der Waals surface area contributed by atoms with E-state index in [-0.39, 0.29) is 18.9 Å². The zero-order valence-corrected chi connectivity index (χ0v) is 36.8. The van der Waals surface area contributed by atoms with E-state index in [4.69, 9.17) is 28.4 Å². The number of nitrogens with one attached hydrogen (secondary N) is 1. The van der Waals surface area contributed by atoms with Gasteiger partial charge in [0.15, 0.2) is 18.9 Å². The van der Waals surface area contributed by atoms with Gasteiger partial charge in [0.2, 0.25) is 5.91 Å². The van der Waals surface area contributed by atoms with E-state index in [2.05, 4.69) is 36.5 Å². The molecule has 3 aliphatic heterocycles. The third kappa shape index (κ3) is 17.6. The second kappa shape index (κ2) is 30.3. The molecular weight excluding hydrogens is 830 g/mol. The highest BCUT2D eigenvalue weighted by atomic mass is 16.8. The molecule has 3 heterocycles. The van der Waals surface area contributed by atoms with Gasteiger partial charge in [0.25, 0.3) is 0 Å². The Morgan fingerprint density at radius 1 is 0.556 bits per heavy atom. The van der Waals surface area contributed by atoms with E-state index >= 15 is 0 Å².